The van der Waals surface area contributed by atoms with Crippen LogP contribution in [-0.2, 0) is 0 Å². The SMILES string of the molecule is CCCCN(CC)c1nc(NCC)cn2ccnc12. The summed E-state index contributed by atoms with van der Waals surface area (Å²) < 4.78 is 2.04. The van der Waals surface area contributed by atoms with E-state index in [4.69, 9.17) is 4.98 Å². The van der Waals surface area contributed by atoms with E-state index in [1.54, 1.807) is 0 Å². The van der Waals surface area contributed by atoms with Crippen LogP contribution >= 0.6 is 0 Å². The van der Waals surface area contributed by atoms with Crippen molar-refractivity contribution in [2.75, 3.05) is 29.9 Å². The molecule has 0 aromatic carbocycles. The average Bonchev–Trinajstić information content (AvgIpc) is 2.88. The molecule has 2 heterocycles. The van der Waals surface area contributed by atoms with Gasteiger partial charge in [0.25, 0.3) is 0 Å². The zero-order valence-electron chi connectivity index (χ0n) is 12.1. The van der Waals surface area contributed by atoms with Gasteiger partial charge in [0.1, 0.15) is 5.82 Å². The number of hydrogen-bond donors (Lipinski definition) is 1. The van der Waals surface area contributed by atoms with Gasteiger partial charge in [0.05, 0.1) is 6.20 Å². The quantitative estimate of drug-likeness (QED) is 0.832. The van der Waals surface area contributed by atoms with E-state index in [1.807, 2.05) is 23.0 Å². The normalized spacial score (nSPS) is 10.9. The molecule has 0 saturated carbocycles. The van der Waals surface area contributed by atoms with E-state index in [0.29, 0.717) is 0 Å². The molecule has 0 fully saturated rings. The Morgan fingerprint density at radius 3 is 2.84 bits per heavy atom. The van der Waals surface area contributed by atoms with Gasteiger partial charge < -0.3 is 14.6 Å². The van der Waals surface area contributed by atoms with E-state index in [0.717, 1.165) is 36.9 Å². The minimum absolute atomic E-state index is 0.869. The highest BCUT2D eigenvalue weighted by atomic mass is 15.2. The van der Waals surface area contributed by atoms with Crippen molar-refractivity contribution in [2.45, 2.75) is 33.6 Å². The van der Waals surface area contributed by atoms with Crippen LogP contribution in [0.5, 0.6) is 0 Å². The summed E-state index contributed by atoms with van der Waals surface area (Å²) in [6, 6.07) is 0. The molecule has 0 saturated heterocycles. The van der Waals surface area contributed by atoms with Gasteiger partial charge in [-0.25, -0.2) is 9.97 Å². The molecule has 0 aliphatic rings. The van der Waals surface area contributed by atoms with Gasteiger partial charge in [0, 0.05) is 32.0 Å². The van der Waals surface area contributed by atoms with Crippen LogP contribution in [0.2, 0.25) is 0 Å². The molecule has 2 aromatic rings. The molecular weight excluding hydrogens is 238 g/mol. The maximum atomic E-state index is 4.72. The summed E-state index contributed by atoms with van der Waals surface area (Å²) >= 11 is 0. The lowest BCUT2D eigenvalue weighted by atomic mass is 10.3. The van der Waals surface area contributed by atoms with Gasteiger partial charge in [-0.1, -0.05) is 13.3 Å². The molecule has 0 bridgehead atoms. The number of hydrogen-bond acceptors (Lipinski definition) is 4. The van der Waals surface area contributed by atoms with Gasteiger partial charge >= 0.3 is 0 Å². The van der Waals surface area contributed by atoms with Crippen LogP contribution in [0.1, 0.15) is 33.6 Å². The molecule has 0 amide bonds. The van der Waals surface area contributed by atoms with Crippen LogP contribution < -0.4 is 10.2 Å². The average molecular weight is 261 g/mol. The second kappa shape index (κ2) is 6.41. The number of aromatic nitrogens is 3. The van der Waals surface area contributed by atoms with Gasteiger partial charge in [0.15, 0.2) is 11.5 Å². The lowest BCUT2D eigenvalue weighted by Gasteiger charge is -2.22. The summed E-state index contributed by atoms with van der Waals surface area (Å²) in [5, 5.41) is 3.28. The van der Waals surface area contributed by atoms with Crippen molar-refractivity contribution < 1.29 is 0 Å². The Bertz CT molecular complexity index is 520. The monoisotopic (exact) mass is 261 g/mol. The molecule has 104 valence electrons. The maximum Gasteiger partial charge on any atom is 0.180 e. The minimum atomic E-state index is 0.869. The maximum absolute atomic E-state index is 4.72. The van der Waals surface area contributed by atoms with E-state index < -0.39 is 0 Å². The molecule has 0 atom stereocenters. The van der Waals surface area contributed by atoms with Crippen molar-refractivity contribution in [3.63, 3.8) is 0 Å². The Labute approximate surface area is 114 Å². The Morgan fingerprint density at radius 1 is 1.32 bits per heavy atom. The zero-order chi connectivity index (χ0) is 13.7. The highest BCUT2D eigenvalue weighted by Crippen LogP contribution is 2.21. The van der Waals surface area contributed by atoms with E-state index in [-0.39, 0.29) is 0 Å². The number of nitrogens with one attached hydrogen (secondary N) is 1. The number of imidazole rings is 1. The largest absolute Gasteiger partial charge is 0.369 e. The number of nitrogens with zero attached hydrogens (tertiary/aromatic N) is 4. The standard InChI is InChI=1S/C14H23N5/c1-4-7-9-18(6-3)14-13-16-8-10-19(13)11-12(17-14)15-5-2/h8,10-11,15H,4-7,9H2,1-3H3. The summed E-state index contributed by atoms with van der Waals surface area (Å²) in [5.41, 5.74) is 0.930. The Kier molecular flexibility index (Phi) is 4.60. The molecule has 19 heavy (non-hydrogen) atoms. The van der Waals surface area contributed by atoms with E-state index in [9.17, 15) is 0 Å². The predicted molar refractivity (Wildman–Crippen MR) is 79.9 cm³/mol. The van der Waals surface area contributed by atoms with Crippen molar-refractivity contribution in [1.82, 2.24) is 14.4 Å². The van der Waals surface area contributed by atoms with E-state index in [2.05, 4.69) is 36.0 Å². The highest BCUT2D eigenvalue weighted by Gasteiger charge is 2.13. The van der Waals surface area contributed by atoms with E-state index in [1.165, 1.54) is 12.8 Å². The molecule has 0 spiro atoms. The fraction of sp³-hybridized carbons (Fsp3) is 0.571. The first kappa shape index (κ1) is 13.6. The van der Waals surface area contributed by atoms with Crippen molar-refractivity contribution >= 4 is 17.3 Å². The molecular formula is C14H23N5. The van der Waals surface area contributed by atoms with Crippen LogP contribution in [0.15, 0.2) is 18.6 Å². The second-order valence-electron chi connectivity index (χ2n) is 4.57. The van der Waals surface area contributed by atoms with Crippen LogP contribution in [0.25, 0.3) is 5.65 Å². The number of fused-ring (bicyclic) bond motifs is 1. The molecule has 0 unspecified atom stereocenters. The lowest BCUT2D eigenvalue weighted by Crippen LogP contribution is -2.26. The first-order valence-electron chi connectivity index (χ1n) is 7.12. The topological polar surface area (TPSA) is 45.5 Å². The van der Waals surface area contributed by atoms with E-state index >= 15 is 0 Å². The fourth-order valence-electron chi connectivity index (χ4n) is 2.16. The van der Waals surface area contributed by atoms with Crippen molar-refractivity contribution in [2.24, 2.45) is 0 Å². The van der Waals surface area contributed by atoms with Gasteiger partial charge in [-0.15, -0.1) is 0 Å². The predicted octanol–water partition coefficient (Wildman–Crippen LogP) is 2.79. The molecule has 5 nitrogen and oxygen atoms in total. The van der Waals surface area contributed by atoms with Crippen LogP contribution in [-0.4, -0.2) is 34.0 Å². The van der Waals surface area contributed by atoms with Gasteiger partial charge in [-0.2, -0.15) is 0 Å². The summed E-state index contributed by atoms with van der Waals surface area (Å²) in [7, 11) is 0. The van der Waals surface area contributed by atoms with Gasteiger partial charge in [-0.05, 0) is 20.3 Å². The van der Waals surface area contributed by atoms with Crippen molar-refractivity contribution in [3.05, 3.63) is 18.6 Å². The van der Waals surface area contributed by atoms with Crippen LogP contribution in [0.4, 0.5) is 11.6 Å². The first-order chi connectivity index (χ1) is 9.30. The number of anilines is 2. The molecule has 1 N–H and O–H groups in total. The lowest BCUT2D eigenvalue weighted by molar-refractivity contribution is 0.724. The van der Waals surface area contributed by atoms with Crippen LogP contribution in [0.3, 0.4) is 0 Å². The summed E-state index contributed by atoms with van der Waals surface area (Å²) in [6.45, 7) is 9.29. The molecule has 2 rings (SSSR count). The Morgan fingerprint density at radius 2 is 2.16 bits per heavy atom. The van der Waals surface area contributed by atoms with Gasteiger partial charge in [-0.3, -0.25) is 0 Å². The minimum Gasteiger partial charge on any atom is -0.369 e. The smallest absolute Gasteiger partial charge is 0.180 e. The van der Waals surface area contributed by atoms with Gasteiger partial charge in [0.2, 0.25) is 0 Å². The first-order valence-corrected chi connectivity index (χ1v) is 7.12. The van der Waals surface area contributed by atoms with Crippen molar-refractivity contribution in [3.8, 4) is 0 Å². The third-order valence-electron chi connectivity index (χ3n) is 3.18. The Balaban J connectivity index is 2.40. The fourth-order valence-corrected chi connectivity index (χ4v) is 2.16. The molecule has 0 aliphatic carbocycles. The number of rotatable bonds is 7. The molecule has 2 aromatic heterocycles. The Hall–Kier alpha value is -1.78. The highest BCUT2D eigenvalue weighted by molar-refractivity contribution is 5.66. The molecule has 0 aliphatic heterocycles. The van der Waals surface area contributed by atoms with Crippen LogP contribution in [0, 0.1) is 0 Å². The molecule has 0 radical (unpaired) electrons. The molecule has 5 heteroatoms. The number of unbranched alkanes of at least 4 members (excludes halogenated alkanes) is 1. The van der Waals surface area contributed by atoms with Crippen molar-refractivity contribution in [1.29, 1.82) is 0 Å². The summed E-state index contributed by atoms with van der Waals surface area (Å²) in [6.07, 6.45) is 8.14. The summed E-state index contributed by atoms with van der Waals surface area (Å²) in [4.78, 5) is 11.4. The summed E-state index contributed by atoms with van der Waals surface area (Å²) in [5.74, 6) is 1.87. The third kappa shape index (κ3) is 2.97. The second-order valence-corrected chi connectivity index (χ2v) is 4.57. The zero-order valence-corrected chi connectivity index (χ0v) is 12.1. The third-order valence-corrected chi connectivity index (χ3v) is 3.18.